The van der Waals surface area contributed by atoms with Crippen LogP contribution in [0.25, 0.3) is 22.5 Å². The number of H-pyrrole nitrogens is 1. The predicted octanol–water partition coefficient (Wildman–Crippen LogP) is 6.34. The summed E-state index contributed by atoms with van der Waals surface area (Å²) >= 11 is 5.62. The van der Waals surface area contributed by atoms with Gasteiger partial charge in [0.2, 0.25) is 0 Å². The van der Waals surface area contributed by atoms with Crippen molar-refractivity contribution in [3.63, 3.8) is 0 Å². The quantitative estimate of drug-likeness (QED) is 0.280. The van der Waals surface area contributed by atoms with Gasteiger partial charge in [-0.15, -0.1) is 0 Å². The summed E-state index contributed by atoms with van der Waals surface area (Å²) in [5, 5.41) is 3.97. The van der Waals surface area contributed by atoms with E-state index < -0.39 is 35.1 Å². The van der Waals surface area contributed by atoms with E-state index >= 15 is 4.39 Å². The zero-order chi connectivity index (χ0) is 25.6. The van der Waals surface area contributed by atoms with Gasteiger partial charge < -0.3 is 15.6 Å². The fourth-order valence-electron chi connectivity index (χ4n) is 3.88. The Balaban J connectivity index is 1.43. The highest BCUT2D eigenvalue weighted by atomic mass is 35.5. The van der Waals surface area contributed by atoms with Crippen molar-refractivity contribution in [3.8, 4) is 22.5 Å². The number of carbonyl (C=O) groups excluding carboxylic acids is 2. The Morgan fingerprint density at radius 2 is 1.72 bits per heavy atom. The molecular weight excluding hydrogens is 495 g/mol. The fourth-order valence-corrected chi connectivity index (χ4v) is 4.04. The second-order valence-electron chi connectivity index (χ2n) is 7.92. The summed E-state index contributed by atoms with van der Waals surface area (Å²) in [6, 6.07) is 8.09. The Labute approximate surface area is 207 Å². The highest BCUT2D eigenvalue weighted by Gasteiger charge is 2.26. The van der Waals surface area contributed by atoms with Crippen LogP contribution in [0.15, 0.2) is 53.7 Å². The topological polar surface area (TPSA) is 99.2 Å². The van der Waals surface area contributed by atoms with Crippen LogP contribution in [-0.4, -0.2) is 28.1 Å². The average molecular weight is 510 g/mol. The maximum Gasteiger partial charge on any atom is 0.323 e. The van der Waals surface area contributed by atoms with Crippen LogP contribution >= 0.6 is 11.6 Å². The third kappa shape index (κ3) is 4.11. The molecule has 3 N–H and O–H groups in total. The molecule has 11 heteroatoms. The van der Waals surface area contributed by atoms with Gasteiger partial charge in [-0.05, 0) is 48.9 Å². The first-order chi connectivity index (χ1) is 17.2. The molecule has 3 amide bonds. The Morgan fingerprint density at radius 1 is 0.972 bits per heavy atom. The minimum Gasteiger partial charge on any atom is -0.342 e. The number of rotatable bonds is 4. The second-order valence-corrected chi connectivity index (χ2v) is 8.33. The number of aryl methyl sites for hydroxylation is 1. The van der Waals surface area contributed by atoms with E-state index in [1.165, 1.54) is 18.3 Å². The minimum atomic E-state index is -1.13. The van der Waals surface area contributed by atoms with Crippen LogP contribution < -0.4 is 10.6 Å². The first-order valence-corrected chi connectivity index (χ1v) is 10.9. The summed E-state index contributed by atoms with van der Waals surface area (Å²) < 4.78 is 43.0. The first kappa shape index (κ1) is 23.3. The number of fused-ring (bicyclic) bond motifs is 1. The van der Waals surface area contributed by atoms with Crippen molar-refractivity contribution in [2.24, 2.45) is 4.99 Å². The number of aromatic amines is 1. The van der Waals surface area contributed by atoms with Crippen LogP contribution in [0.4, 0.5) is 29.3 Å². The van der Waals surface area contributed by atoms with Crippen LogP contribution in [0.1, 0.15) is 21.6 Å². The molecule has 3 aromatic carbocycles. The zero-order valence-corrected chi connectivity index (χ0v) is 19.2. The molecule has 2 heterocycles. The number of imidazole rings is 1. The molecule has 0 unspecified atom stereocenters. The van der Waals surface area contributed by atoms with Gasteiger partial charge in [-0.2, -0.15) is 0 Å². The molecule has 1 aliphatic heterocycles. The number of anilines is 2. The SMILES string of the molecule is Cc1cnc(-c2ccc(-c3ccc(NC(=O)Nc4c(F)ccc(Cl)c4F)cc3F)c3c2C(=O)N=C3)[nH]1. The highest BCUT2D eigenvalue weighted by Crippen LogP contribution is 2.36. The standard InChI is InChI=1S/C25H15ClF3N5O2/c1-11-9-30-23(32-11)15-5-4-13(16-10-31-24(35)20(15)16)14-3-2-12(8-19(14)28)33-25(36)34-22-18(27)7-6-17(26)21(22)29/h2-10H,1H3,(H,30,32)(H2,33,34,36). The summed E-state index contributed by atoms with van der Waals surface area (Å²) in [6.07, 6.45) is 3.01. The van der Waals surface area contributed by atoms with E-state index in [2.05, 4.69) is 20.3 Å². The molecule has 7 nitrogen and oxygen atoms in total. The average Bonchev–Trinajstić information content (AvgIpc) is 3.45. The Hall–Kier alpha value is -4.44. The fraction of sp³-hybridized carbons (Fsp3) is 0.0400. The molecule has 0 radical (unpaired) electrons. The van der Waals surface area contributed by atoms with Gasteiger partial charge in [-0.25, -0.2) is 27.9 Å². The lowest BCUT2D eigenvalue weighted by molar-refractivity contribution is 0.101. The van der Waals surface area contributed by atoms with Gasteiger partial charge >= 0.3 is 6.03 Å². The molecule has 0 bridgehead atoms. The summed E-state index contributed by atoms with van der Waals surface area (Å²) in [4.78, 5) is 35.9. The molecule has 0 saturated heterocycles. The molecule has 4 aromatic rings. The lowest BCUT2D eigenvalue weighted by atomic mass is 9.92. The van der Waals surface area contributed by atoms with E-state index in [1.807, 2.05) is 12.2 Å². The Bertz CT molecular complexity index is 1600. The molecule has 0 atom stereocenters. The molecule has 0 spiro atoms. The molecule has 180 valence electrons. The smallest absolute Gasteiger partial charge is 0.323 e. The number of benzene rings is 3. The van der Waals surface area contributed by atoms with E-state index in [0.29, 0.717) is 28.1 Å². The molecule has 1 aromatic heterocycles. The summed E-state index contributed by atoms with van der Waals surface area (Å²) in [5.74, 6) is -2.83. The number of amides is 3. The highest BCUT2D eigenvalue weighted by molar-refractivity contribution is 6.31. The third-order valence-electron chi connectivity index (χ3n) is 5.53. The zero-order valence-electron chi connectivity index (χ0n) is 18.4. The van der Waals surface area contributed by atoms with Crippen molar-refractivity contribution in [1.29, 1.82) is 0 Å². The van der Waals surface area contributed by atoms with Crippen molar-refractivity contribution in [1.82, 2.24) is 9.97 Å². The lowest BCUT2D eigenvalue weighted by Crippen LogP contribution is -2.21. The van der Waals surface area contributed by atoms with Crippen LogP contribution in [0.5, 0.6) is 0 Å². The number of hydrogen-bond donors (Lipinski definition) is 3. The van der Waals surface area contributed by atoms with Gasteiger partial charge in [0.1, 0.15) is 23.1 Å². The van der Waals surface area contributed by atoms with E-state index in [0.717, 1.165) is 23.9 Å². The van der Waals surface area contributed by atoms with Crippen LogP contribution in [0.2, 0.25) is 5.02 Å². The van der Waals surface area contributed by atoms with E-state index in [1.54, 1.807) is 18.3 Å². The summed E-state index contributed by atoms with van der Waals surface area (Å²) in [7, 11) is 0. The maximum atomic E-state index is 15.1. The molecule has 0 aliphatic carbocycles. The summed E-state index contributed by atoms with van der Waals surface area (Å²) in [5.41, 5.74) is 1.97. The maximum absolute atomic E-state index is 15.1. The number of nitrogens with zero attached hydrogens (tertiary/aromatic N) is 2. The predicted molar refractivity (Wildman–Crippen MR) is 130 cm³/mol. The van der Waals surface area contributed by atoms with E-state index in [4.69, 9.17) is 11.6 Å². The molecule has 36 heavy (non-hydrogen) atoms. The van der Waals surface area contributed by atoms with Gasteiger partial charge in [0.25, 0.3) is 5.91 Å². The molecule has 0 fully saturated rings. The largest absolute Gasteiger partial charge is 0.342 e. The minimum absolute atomic E-state index is 0.0284. The van der Waals surface area contributed by atoms with Crippen molar-refractivity contribution in [2.45, 2.75) is 6.92 Å². The van der Waals surface area contributed by atoms with Gasteiger partial charge in [-0.3, -0.25) is 4.79 Å². The van der Waals surface area contributed by atoms with Crippen molar-refractivity contribution >= 4 is 41.1 Å². The Kier molecular flexibility index (Phi) is 5.81. The number of aromatic nitrogens is 2. The third-order valence-corrected chi connectivity index (χ3v) is 5.82. The van der Waals surface area contributed by atoms with E-state index in [-0.39, 0.29) is 16.3 Å². The second kappa shape index (κ2) is 8.97. The number of hydrogen-bond acceptors (Lipinski definition) is 3. The van der Waals surface area contributed by atoms with Crippen molar-refractivity contribution in [2.75, 3.05) is 10.6 Å². The normalized spacial score (nSPS) is 12.1. The van der Waals surface area contributed by atoms with E-state index in [9.17, 15) is 18.4 Å². The monoisotopic (exact) mass is 509 g/mol. The first-order valence-electron chi connectivity index (χ1n) is 10.5. The van der Waals surface area contributed by atoms with Gasteiger partial charge in [0.05, 0.1) is 10.6 Å². The summed E-state index contributed by atoms with van der Waals surface area (Å²) in [6.45, 7) is 1.83. The van der Waals surface area contributed by atoms with Crippen LogP contribution in [0.3, 0.4) is 0 Å². The number of carbonyl (C=O) groups is 2. The van der Waals surface area contributed by atoms with Crippen molar-refractivity contribution in [3.05, 3.63) is 88.0 Å². The molecule has 1 aliphatic rings. The van der Waals surface area contributed by atoms with Crippen LogP contribution in [0, 0.1) is 24.4 Å². The molecule has 0 saturated carbocycles. The number of urea groups is 1. The van der Waals surface area contributed by atoms with Crippen LogP contribution in [-0.2, 0) is 0 Å². The van der Waals surface area contributed by atoms with Gasteiger partial charge in [0.15, 0.2) is 5.82 Å². The number of halogens is 4. The lowest BCUT2D eigenvalue weighted by Gasteiger charge is -2.13. The van der Waals surface area contributed by atoms with Gasteiger partial charge in [0, 0.05) is 40.5 Å². The van der Waals surface area contributed by atoms with Gasteiger partial charge in [-0.1, -0.05) is 17.7 Å². The van der Waals surface area contributed by atoms with Crippen molar-refractivity contribution < 1.29 is 22.8 Å². The number of aliphatic imine (C=N–C) groups is 1. The molecular formula is C25H15ClF3N5O2. The Morgan fingerprint density at radius 3 is 2.44 bits per heavy atom. The molecule has 5 rings (SSSR count). The number of nitrogens with one attached hydrogen (secondary N) is 3.